The maximum Gasteiger partial charge on any atom is 0.246 e. The molecule has 9 nitrogen and oxygen atoms in total. The number of amides is 1. The average molecular weight is 453 g/mol. The minimum atomic E-state index is -3.73. The standard InChI is InChI=1S/C22H24N6O3S/c23-32(30,31)17-4-1-16(2-5-17)3-6-19(29)27-11-12-28(14-22(13-27)8-9-22)21-18-7-10-24-20(18)25-15-26-21/h1-7,10,15H,8-9,11-14H2,(H2,23,30,31)(H,24,25,26). The number of hydrogen-bond acceptors (Lipinski definition) is 6. The molecule has 1 amide bonds. The third kappa shape index (κ3) is 4.11. The van der Waals surface area contributed by atoms with Crippen molar-refractivity contribution in [3.05, 3.63) is 54.5 Å². The number of aromatic nitrogens is 3. The van der Waals surface area contributed by atoms with Gasteiger partial charge in [0.25, 0.3) is 0 Å². The number of fused-ring (bicyclic) bond motifs is 1. The van der Waals surface area contributed by atoms with Crippen molar-refractivity contribution in [1.82, 2.24) is 19.9 Å². The van der Waals surface area contributed by atoms with Gasteiger partial charge in [-0.2, -0.15) is 0 Å². The number of carbonyl (C=O) groups is 1. The van der Waals surface area contributed by atoms with Crippen molar-refractivity contribution in [3.8, 4) is 0 Å². The number of aromatic amines is 1. The van der Waals surface area contributed by atoms with E-state index in [2.05, 4.69) is 19.9 Å². The molecule has 2 aliphatic rings. The Morgan fingerprint density at radius 2 is 1.88 bits per heavy atom. The molecule has 10 heteroatoms. The quantitative estimate of drug-likeness (QED) is 0.581. The van der Waals surface area contributed by atoms with Gasteiger partial charge >= 0.3 is 0 Å². The van der Waals surface area contributed by atoms with Crippen LogP contribution >= 0.6 is 0 Å². The van der Waals surface area contributed by atoms with Gasteiger partial charge in [-0.3, -0.25) is 4.79 Å². The summed E-state index contributed by atoms with van der Waals surface area (Å²) >= 11 is 0. The third-order valence-corrected chi connectivity index (χ3v) is 7.15. The lowest BCUT2D eigenvalue weighted by molar-refractivity contribution is -0.126. The molecule has 3 heterocycles. The van der Waals surface area contributed by atoms with Crippen molar-refractivity contribution in [2.45, 2.75) is 17.7 Å². The number of H-pyrrole nitrogens is 1. The third-order valence-electron chi connectivity index (χ3n) is 6.22. The number of sulfonamides is 1. The summed E-state index contributed by atoms with van der Waals surface area (Å²) in [4.78, 5) is 29.1. The number of nitrogens with two attached hydrogens (primary N) is 1. The first-order valence-electron chi connectivity index (χ1n) is 10.5. The van der Waals surface area contributed by atoms with E-state index in [4.69, 9.17) is 5.14 Å². The highest BCUT2D eigenvalue weighted by Crippen LogP contribution is 2.48. The molecule has 3 aromatic rings. The van der Waals surface area contributed by atoms with E-state index in [0.29, 0.717) is 13.1 Å². The van der Waals surface area contributed by atoms with Crippen molar-refractivity contribution in [1.29, 1.82) is 0 Å². The minimum Gasteiger partial charge on any atom is -0.354 e. The molecular weight excluding hydrogens is 428 g/mol. The maximum absolute atomic E-state index is 13.0. The molecule has 0 atom stereocenters. The predicted octanol–water partition coefficient (Wildman–Crippen LogP) is 1.75. The Balaban J connectivity index is 1.31. The molecule has 166 valence electrons. The normalized spacial score (nSPS) is 18.4. The highest BCUT2D eigenvalue weighted by Gasteiger charge is 2.47. The molecule has 1 aliphatic carbocycles. The summed E-state index contributed by atoms with van der Waals surface area (Å²) in [6.07, 6.45) is 8.87. The summed E-state index contributed by atoms with van der Waals surface area (Å²) in [5.74, 6) is 0.852. The van der Waals surface area contributed by atoms with E-state index in [1.807, 2.05) is 17.2 Å². The molecule has 1 saturated carbocycles. The van der Waals surface area contributed by atoms with Crippen LogP contribution in [0.5, 0.6) is 0 Å². The van der Waals surface area contributed by atoms with Gasteiger partial charge in [-0.1, -0.05) is 12.1 Å². The minimum absolute atomic E-state index is 0.0468. The number of nitrogens with one attached hydrogen (secondary N) is 1. The van der Waals surface area contributed by atoms with Crippen LogP contribution < -0.4 is 10.0 Å². The Kier molecular flexibility index (Phi) is 4.98. The lowest BCUT2D eigenvalue weighted by atomic mass is 10.1. The monoisotopic (exact) mass is 452 g/mol. The number of carbonyl (C=O) groups excluding carboxylic acids is 1. The first-order chi connectivity index (χ1) is 15.3. The van der Waals surface area contributed by atoms with E-state index < -0.39 is 10.0 Å². The smallest absolute Gasteiger partial charge is 0.246 e. The van der Waals surface area contributed by atoms with Gasteiger partial charge in [-0.05, 0) is 42.7 Å². The fourth-order valence-corrected chi connectivity index (χ4v) is 4.79. The number of nitrogens with zero attached hydrogens (tertiary/aromatic N) is 4. The summed E-state index contributed by atoms with van der Waals surface area (Å²) in [5.41, 5.74) is 1.65. The van der Waals surface area contributed by atoms with Crippen molar-refractivity contribution in [3.63, 3.8) is 0 Å². The van der Waals surface area contributed by atoms with Gasteiger partial charge in [0.15, 0.2) is 0 Å². The summed E-state index contributed by atoms with van der Waals surface area (Å²) < 4.78 is 22.8. The SMILES string of the molecule is NS(=O)(=O)c1ccc(C=CC(=O)N2CCN(c3ncnc4[nH]ccc34)CC3(CC3)C2)cc1. The van der Waals surface area contributed by atoms with E-state index in [0.717, 1.165) is 48.3 Å². The molecule has 5 rings (SSSR count). The van der Waals surface area contributed by atoms with E-state index in [1.165, 1.54) is 12.1 Å². The topological polar surface area (TPSA) is 125 Å². The van der Waals surface area contributed by atoms with Gasteiger partial charge in [0.05, 0.1) is 10.3 Å². The van der Waals surface area contributed by atoms with E-state index >= 15 is 0 Å². The summed E-state index contributed by atoms with van der Waals surface area (Å²) in [6, 6.07) is 8.13. The zero-order valence-electron chi connectivity index (χ0n) is 17.4. The number of anilines is 1. The molecule has 3 N–H and O–H groups in total. The Morgan fingerprint density at radius 3 is 2.59 bits per heavy atom. The summed E-state index contributed by atoms with van der Waals surface area (Å²) in [7, 11) is -3.73. The number of hydrogen-bond donors (Lipinski definition) is 2. The van der Waals surface area contributed by atoms with Gasteiger partial charge in [0.2, 0.25) is 15.9 Å². The van der Waals surface area contributed by atoms with Gasteiger partial charge in [-0.15, -0.1) is 0 Å². The molecule has 2 fully saturated rings. The van der Waals surface area contributed by atoms with Crippen molar-refractivity contribution in [2.75, 3.05) is 31.1 Å². The highest BCUT2D eigenvalue weighted by atomic mass is 32.2. The molecular formula is C22H24N6O3S. The summed E-state index contributed by atoms with van der Waals surface area (Å²) in [5, 5.41) is 6.12. The largest absolute Gasteiger partial charge is 0.354 e. The fraction of sp³-hybridized carbons (Fsp3) is 0.318. The van der Waals surface area contributed by atoms with Gasteiger partial charge in [-0.25, -0.2) is 23.5 Å². The van der Waals surface area contributed by atoms with Crippen LogP contribution in [0.25, 0.3) is 17.1 Å². The van der Waals surface area contributed by atoms with Crippen LogP contribution in [0.4, 0.5) is 5.82 Å². The number of benzene rings is 1. The molecule has 1 spiro atoms. The second-order valence-electron chi connectivity index (χ2n) is 8.57. The zero-order valence-corrected chi connectivity index (χ0v) is 18.3. The van der Waals surface area contributed by atoms with Crippen LogP contribution in [-0.2, 0) is 14.8 Å². The van der Waals surface area contributed by atoms with Gasteiger partial charge in [0, 0.05) is 43.9 Å². The lowest BCUT2D eigenvalue weighted by Crippen LogP contribution is -2.35. The Labute approximate surface area is 186 Å². The van der Waals surface area contributed by atoms with Crippen LogP contribution in [0.2, 0.25) is 0 Å². The number of primary sulfonamides is 1. The van der Waals surface area contributed by atoms with E-state index in [-0.39, 0.29) is 16.2 Å². The summed E-state index contributed by atoms with van der Waals surface area (Å²) in [6.45, 7) is 2.89. The molecule has 1 aliphatic heterocycles. The van der Waals surface area contributed by atoms with Crippen LogP contribution in [0.15, 0.2) is 53.8 Å². The lowest BCUT2D eigenvalue weighted by Gasteiger charge is -2.25. The van der Waals surface area contributed by atoms with Gasteiger partial charge < -0.3 is 14.8 Å². The Hall–Kier alpha value is -3.24. The van der Waals surface area contributed by atoms with Crippen LogP contribution in [0.3, 0.4) is 0 Å². The molecule has 1 saturated heterocycles. The molecule has 32 heavy (non-hydrogen) atoms. The Morgan fingerprint density at radius 1 is 1.09 bits per heavy atom. The van der Waals surface area contributed by atoms with Crippen LogP contribution in [0.1, 0.15) is 18.4 Å². The van der Waals surface area contributed by atoms with Crippen molar-refractivity contribution >= 4 is 38.9 Å². The first kappa shape index (κ1) is 20.7. The highest BCUT2D eigenvalue weighted by molar-refractivity contribution is 7.89. The number of rotatable bonds is 4. The van der Waals surface area contributed by atoms with Crippen molar-refractivity contribution in [2.24, 2.45) is 10.6 Å². The molecule has 0 radical (unpaired) electrons. The van der Waals surface area contributed by atoms with E-state index in [9.17, 15) is 13.2 Å². The van der Waals surface area contributed by atoms with E-state index in [1.54, 1.807) is 30.6 Å². The molecule has 1 aromatic carbocycles. The van der Waals surface area contributed by atoms with Crippen LogP contribution in [-0.4, -0.2) is 60.4 Å². The first-order valence-corrected chi connectivity index (χ1v) is 12.0. The average Bonchev–Trinajstić information content (AvgIpc) is 3.41. The second-order valence-corrected chi connectivity index (χ2v) is 10.1. The molecule has 0 bridgehead atoms. The predicted molar refractivity (Wildman–Crippen MR) is 121 cm³/mol. The maximum atomic E-state index is 13.0. The molecule has 0 unspecified atom stereocenters. The van der Waals surface area contributed by atoms with Crippen molar-refractivity contribution < 1.29 is 13.2 Å². The Bertz CT molecular complexity index is 1290. The fourth-order valence-electron chi connectivity index (χ4n) is 4.27. The zero-order chi connectivity index (χ0) is 22.3. The van der Waals surface area contributed by atoms with Crippen LogP contribution in [0, 0.1) is 5.41 Å². The molecule has 2 aromatic heterocycles. The van der Waals surface area contributed by atoms with Gasteiger partial charge in [0.1, 0.15) is 17.8 Å². The second kappa shape index (κ2) is 7.72.